The van der Waals surface area contributed by atoms with Gasteiger partial charge < -0.3 is 50.1 Å². The summed E-state index contributed by atoms with van der Waals surface area (Å²) in [5.74, 6) is -0.0545. The largest absolute Gasteiger partial charge is 0.756 e. The number of phosphoric ester groups is 2. The topological polar surface area (TPSA) is 319 Å². The molecule has 1 aromatic carbocycles. The van der Waals surface area contributed by atoms with Crippen molar-refractivity contribution in [3.8, 4) is 10.6 Å². The maximum absolute atomic E-state index is 12.4. The highest BCUT2D eigenvalue weighted by Crippen LogP contribution is 2.66. The van der Waals surface area contributed by atoms with Crippen LogP contribution in [-0.2, 0) is 40.9 Å². The van der Waals surface area contributed by atoms with E-state index in [9.17, 15) is 43.4 Å². The fourth-order valence-corrected chi connectivity index (χ4v) is 11.0. The molecule has 2 aliphatic heterocycles. The van der Waals surface area contributed by atoms with E-state index in [0.29, 0.717) is 45.2 Å². The Kier molecular flexibility index (Phi) is 15.6. The number of nitrogens with two attached hydrogens (primary N) is 1. The van der Waals surface area contributed by atoms with E-state index in [1.165, 1.54) is 10.9 Å². The Morgan fingerprint density at radius 3 is 2.55 bits per heavy atom. The van der Waals surface area contributed by atoms with Gasteiger partial charge >= 0.3 is 15.6 Å². The molecule has 1 aliphatic carbocycles. The molecule has 23 nitrogen and oxygen atoms in total. The van der Waals surface area contributed by atoms with Crippen molar-refractivity contribution in [1.82, 2.24) is 34.4 Å². The summed E-state index contributed by atoms with van der Waals surface area (Å²) < 4.78 is 64.1. The van der Waals surface area contributed by atoms with Crippen LogP contribution in [0.2, 0.25) is 0 Å². The highest BCUT2D eigenvalue weighted by molar-refractivity contribution is 7.66. The predicted molar refractivity (Wildman–Crippen MR) is 224 cm³/mol. The van der Waals surface area contributed by atoms with Crippen LogP contribution in [0.1, 0.15) is 44.8 Å². The molecule has 3 aliphatic rings. The lowest BCUT2D eigenvalue weighted by Gasteiger charge is -2.25. The van der Waals surface area contributed by atoms with Crippen LogP contribution < -0.4 is 30.8 Å². The normalized spacial score (nSPS) is 20.8. The standard InChI is InChI=1S/C35H48N9O14P3S/c1-42(2)22-10-12-24-27(17-22)62-28-18-23(11-13-25(28)41-24)43(3)15-8-9-29(45)37-14-6-4-5-7-16-54-59(48,49)57-61(52,53)58-60(50,51)55-19-26-31(46)32(47)35(56-26)44-21-40-30-33(36)38-20-39-34(30)44/h10-13,17-18,20-21,26,31-32,35,46-47H,4-9,14-16,19H2,1-3H3,(H5-,36,37,38,39,45,48,49,50,51,52,53)/t26-,31-,32-,35-/m1/s1. The minimum atomic E-state index is -5.81. The summed E-state index contributed by atoms with van der Waals surface area (Å²) in [6, 6.07) is 12.4. The van der Waals surface area contributed by atoms with Crippen LogP contribution in [0.15, 0.2) is 49.1 Å². The van der Waals surface area contributed by atoms with Gasteiger partial charge in [-0.1, -0.05) is 12.8 Å². The molecule has 0 bridgehead atoms. The molecule has 1 amide bonds. The first-order valence-corrected chi connectivity index (χ1v) is 24.5. The van der Waals surface area contributed by atoms with Crippen molar-refractivity contribution in [2.45, 2.75) is 63.1 Å². The molecule has 3 aromatic rings. The summed E-state index contributed by atoms with van der Waals surface area (Å²) in [6.07, 6.45) is -0.929. The van der Waals surface area contributed by atoms with E-state index in [1.807, 2.05) is 39.3 Å². The molecule has 4 heterocycles. The lowest BCUT2D eigenvalue weighted by Crippen LogP contribution is -2.33. The zero-order valence-corrected chi connectivity index (χ0v) is 37.3. The molecule has 7 atom stereocenters. The number of phosphoric acid groups is 3. The number of hydrogen-bond acceptors (Lipinski definition) is 19. The van der Waals surface area contributed by atoms with Crippen molar-refractivity contribution in [3.05, 3.63) is 54.4 Å². The number of fused-ring (bicyclic) bond motifs is 3. The number of rotatable bonds is 21. The minimum Gasteiger partial charge on any atom is -0.756 e. The van der Waals surface area contributed by atoms with Crippen molar-refractivity contribution in [2.24, 2.45) is 0 Å². The number of aliphatic hydroxyl groups excluding tert-OH is 2. The lowest BCUT2D eigenvalue weighted by atomic mass is 10.1. The van der Waals surface area contributed by atoms with Gasteiger partial charge in [-0.3, -0.25) is 18.5 Å². The Morgan fingerprint density at radius 2 is 1.77 bits per heavy atom. The molecule has 1 saturated heterocycles. The number of ether oxygens (including phenoxy) is 1. The molecule has 0 radical (unpaired) electrons. The van der Waals surface area contributed by atoms with Gasteiger partial charge in [0.15, 0.2) is 17.7 Å². The quantitative estimate of drug-likeness (QED) is 0.0265. The fraction of sp³-hybridized carbons (Fsp3) is 0.486. The van der Waals surface area contributed by atoms with Crippen LogP contribution in [0.25, 0.3) is 32.0 Å². The Labute approximate surface area is 359 Å². The molecule has 2 aromatic heterocycles. The van der Waals surface area contributed by atoms with Gasteiger partial charge in [-0.25, -0.2) is 38.0 Å². The van der Waals surface area contributed by atoms with Crippen molar-refractivity contribution >= 4 is 73.6 Å². The Bertz CT molecular complexity index is 2560. The Balaban J connectivity index is 0.833. The number of carbonyl (C=O) groups is 1. The average Bonchev–Trinajstić information content (AvgIpc) is 3.76. The number of aromatic nitrogens is 5. The Hall–Kier alpha value is -3.83. The molecule has 3 unspecified atom stereocenters. The molecule has 338 valence electrons. The van der Waals surface area contributed by atoms with Crippen LogP contribution >= 0.6 is 34.8 Å². The molecule has 1 fully saturated rings. The zero-order valence-electron chi connectivity index (χ0n) is 33.8. The maximum atomic E-state index is 12.4. The SMILES string of the molecule is CN(CCCC(=O)NCCCCCCOP(=O)([O-])OP(=O)(O)OP(=O)(O)OC[C@H]1O[C@@H](n2cnc3c(N)ncnc32)[C@H](O)[C@@H]1O)c1ccc2nc3ccc(=[N+](C)C)cc-3sc2c1. The molecule has 62 heavy (non-hydrogen) atoms. The van der Waals surface area contributed by atoms with E-state index >= 15 is 0 Å². The van der Waals surface area contributed by atoms with Gasteiger partial charge in [0.1, 0.15) is 44.3 Å². The number of nitrogen functional groups attached to an aromatic ring is 1. The van der Waals surface area contributed by atoms with Gasteiger partial charge in [-0.15, -0.1) is 11.3 Å². The molecule has 0 spiro atoms. The van der Waals surface area contributed by atoms with E-state index < -0.39 is 61.2 Å². The van der Waals surface area contributed by atoms with Crippen molar-refractivity contribution in [1.29, 1.82) is 0 Å². The summed E-state index contributed by atoms with van der Waals surface area (Å²) >= 11 is 1.69. The number of aliphatic hydroxyl groups is 2. The number of benzene rings is 2. The van der Waals surface area contributed by atoms with Crippen molar-refractivity contribution < 1.29 is 65.8 Å². The van der Waals surface area contributed by atoms with Gasteiger partial charge in [0.05, 0.1) is 40.3 Å². The van der Waals surface area contributed by atoms with Crippen LogP contribution in [0.5, 0.6) is 0 Å². The average molecular weight is 944 g/mol. The van der Waals surface area contributed by atoms with Crippen molar-refractivity contribution in [3.63, 3.8) is 0 Å². The molecule has 0 saturated carbocycles. The first kappa shape index (κ1) is 47.6. The second-order valence-corrected chi connectivity index (χ2v) is 20.2. The maximum Gasteiger partial charge on any atom is 0.487 e. The van der Waals surface area contributed by atoms with Gasteiger partial charge in [-0.05, 0) is 43.5 Å². The van der Waals surface area contributed by atoms with E-state index in [2.05, 4.69) is 65.6 Å². The number of imidazole rings is 1. The summed E-state index contributed by atoms with van der Waals surface area (Å²) in [4.78, 5) is 64.3. The van der Waals surface area contributed by atoms with Crippen molar-refractivity contribution in [2.75, 3.05) is 58.1 Å². The summed E-state index contributed by atoms with van der Waals surface area (Å²) in [6.45, 7) is -0.334. The van der Waals surface area contributed by atoms with Crippen LogP contribution in [0.3, 0.4) is 0 Å². The molecule has 6 rings (SSSR count). The number of amides is 1. The smallest absolute Gasteiger partial charge is 0.487 e. The summed E-state index contributed by atoms with van der Waals surface area (Å²) in [5.41, 5.74) is 8.99. The number of anilines is 2. The van der Waals surface area contributed by atoms with E-state index in [1.54, 1.807) is 11.3 Å². The van der Waals surface area contributed by atoms with Gasteiger partial charge in [0.25, 0.3) is 7.82 Å². The summed E-state index contributed by atoms with van der Waals surface area (Å²) in [7, 11) is -10.9. The first-order valence-electron chi connectivity index (χ1n) is 19.3. The predicted octanol–water partition coefficient (Wildman–Crippen LogP) is 2.10. The Morgan fingerprint density at radius 1 is 1.00 bits per heavy atom. The number of carbonyl (C=O) groups excluding carboxylic acids is 1. The van der Waals surface area contributed by atoms with E-state index in [-0.39, 0.29) is 29.3 Å². The first-order chi connectivity index (χ1) is 29.3. The molecule has 7 N–H and O–H groups in total. The van der Waals surface area contributed by atoms with Crippen LogP contribution in [0.4, 0.5) is 11.5 Å². The molecule has 27 heteroatoms. The van der Waals surface area contributed by atoms with Gasteiger partial charge in [-0.2, -0.15) is 4.31 Å². The third kappa shape index (κ3) is 12.5. The van der Waals surface area contributed by atoms with Crippen LogP contribution in [-0.4, -0.2) is 116 Å². The third-order valence-electron chi connectivity index (χ3n) is 9.65. The van der Waals surface area contributed by atoms with E-state index in [4.69, 9.17) is 15.5 Å². The number of hydrogen-bond donors (Lipinski definition) is 6. The van der Waals surface area contributed by atoms with E-state index in [0.717, 1.165) is 38.2 Å². The third-order valence-corrected chi connectivity index (χ3v) is 15.0. The second kappa shape index (κ2) is 20.3. The summed E-state index contributed by atoms with van der Waals surface area (Å²) in [5, 5.41) is 25.0. The lowest BCUT2D eigenvalue weighted by molar-refractivity contribution is -0.218. The fourth-order valence-electron chi connectivity index (χ4n) is 6.44. The van der Waals surface area contributed by atoms with Crippen LogP contribution in [0, 0.1) is 0 Å². The number of nitrogens with zero attached hydrogens (tertiary/aromatic N) is 7. The minimum absolute atomic E-state index is 0.0369. The highest BCUT2D eigenvalue weighted by Gasteiger charge is 2.46. The van der Waals surface area contributed by atoms with Gasteiger partial charge in [0, 0.05) is 44.4 Å². The molecular weight excluding hydrogens is 895 g/mol. The number of nitrogens with one attached hydrogen (secondary N) is 1. The second-order valence-electron chi connectivity index (χ2n) is 14.5. The van der Waals surface area contributed by atoms with Gasteiger partial charge in [0.2, 0.25) is 11.3 Å². The highest BCUT2D eigenvalue weighted by atomic mass is 32.1. The zero-order chi connectivity index (χ0) is 44.8. The monoisotopic (exact) mass is 943 g/mol. The number of unbranched alkanes of at least 4 members (excludes halogenated alkanes) is 3. The molecular formula is C35H48N9O14P3S.